The van der Waals surface area contributed by atoms with Crippen molar-refractivity contribution in [3.63, 3.8) is 0 Å². The molecule has 0 atom stereocenters. The van der Waals surface area contributed by atoms with Crippen LogP contribution in [0.2, 0.25) is 0 Å². The van der Waals surface area contributed by atoms with Gasteiger partial charge in [0, 0.05) is 30.3 Å². The third kappa shape index (κ3) is 3.89. The van der Waals surface area contributed by atoms with Crippen LogP contribution in [-0.4, -0.2) is 49.3 Å². The second kappa shape index (κ2) is 7.10. The molecule has 6 heteroatoms. The molecule has 0 aliphatic carbocycles. The molecule has 2 amide bonds. The van der Waals surface area contributed by atoms with Crippen molar-refractivity contribution >= 4 is 17.5 Å². The van der Waals surface area contributed by atoms with Gasteiger partial charge in [-0.1, -0.05) is 12.1 Å². The van der Waals surface area contributed by atoms with Crippen molar-refractivity contribution < 1.29 is 19.1 Å². The van der Waals surface area contributed by atoms with E-state index >= 15 is 0 Å². The Labute approximate surface area is 135 Å². The summed E-state index contributed by atoms with van der Waals surface area (Å²) in [4.78, 5) is 25.5. The van der Waals surface area contributed by atoms with Crippen LogP contribution in [0, 0.1) is 5.92 Å². The van der Waals surface area contributed by atoms with Gasteiger partial charge in [-0.2, -0.15) is 0 Å². The minimum Gasteiger partial charge on any atom is -0.350 e. The van der Waals surface area contributed by atoms with Crippen LogP contribution in [0.3, 0.4) is 0 Å². The highest BCUT2D eigenvalue weighted by Crippen LogP contribution is 2.26. The average molecular weight is 318 g/mol. The van der Waals surface area contributed by atoms with Gasteiger partial charge in [0.05, 0.1) is 13.2 Å². The van der Waals surface area contributed by atoms with Crippen LogP contribution in [0.5, 0.6) is 0 Å². The second-order valence-electron chi connectivity index (χ2n) is 6.00. The van der Waals surface area contributed by atoms with Gasteiger partial charge in [-0.3, -0.25) is 4.79 Å². The number of urea groups is 1. The highest BCUT2D eigenvalue weighted by atomic mass is 16.7. The molecule has 1 aromatic rings. The Morgan fingerprint density at radius 3 is 2.52 bits per heavy atom. The molecule has 0 aromatic heterocycles. The van der Waals surface area contributed by atoms with Gasteiger partial charge in [-0.15, -0.1) is 0 Å². The molecule has 124 valence electrons. The molecule has 2 heterocycles. The van der Waals surface area contributed by atoms with Crippen LogP contribution >= 0.6 is 0 Å². The summed E-state index contributed by atoms with van der Waals surface area (Å²) < 4.78 is 11.1. The predicted octanol–water partition coefficient (Wildman–Crippen LogP) is 2.51. The molecule has 6 nitrogen and oxygen atoms in total. The van der Waals surface area contributed by atoms with Crippen LogP contribution in [0.4, 0.5) is 10.5 Å². The van der Waals surface area contributed by atoms with E-state index in [4.69, 9.17) is 9.47 Å². The first-order valence-corrected chi connectivity index (χ1v) is 8.03. The van der Waals surface area contributed by atoms with Gasteiger partial charge in [-0.25, -0.2) is 4.79 Å². The highest BCUT2D eigenvalue weighted by Gasteiger charge is 2.31. The van der Waals surface area contributed by atoms with E-state index < -0.39 is 0 Å². The zero-order chi connectivity index (χ0) is 16.2. The molecule has 0 saturated carbocycles. The van der Waals surface area contributed by atoms with Gasteiger partial charge in [-0.05, 0) is 31.9 Å². The number of hydrogen-bond acceptors (Lipinski definition) is 4. The molecule has 2 aliphatic heterocycles. The van der Waals surface area contributed by atoms with Gasteiger partial charge in [0.1, 0.15) is 0 Å². The molecule has 2 aliphatic rings. The minimum absolute atomic E-state index is 0.0153. The summed E-state index contributed by atoms with van der Waals surface area (Å²) in [7, 11) is 0. The number of piperidine rings is 1. The quantitative estimate of drug-likeness (QED) is 0.870. The fraction of sp³-hybridized carbons (Fsp3) is 0.529. The topological polar surface area (TPSA) is 67.9 Å². The average Bonchev–Trinajstić information content (AvgIpc) is 3.09. The van der Waals surface area contributed by atoms with Gasteiger partial charge in [0.15, 0.2) is 12.1 Å². The normalized spacial score (nSPS) is 19.8. The van der Waals surface area contributed by atoms with Crippen molar-refractivity contribution in [2.75, 3.05) is 31.6 Å². The molecule has 1 aromatic carbocycles. The van der Waals surface area contributed by atoms with Crippen LogP contribution in [0.15, 0.2) is 24.3 Å². The number of hydrogen-bond donors (Lipinski definition) is 1. The zero-order valence-corrected chi connectivity index (χ0v) is 13.3. The number of benzene rings is 1. The number of amides is 2. The number of nitrogens with zero attached hydrogens (tertiary/aromatic N) is 1. The van der Waals surface area contributed by atoms with E-state index in [-0.39, 0.29) is 18.1 Å². The molecule has 0 radical (unpaired) electrons. The van der Waals surface area contributed by atoms with E-state index in [1.807, 2.05) is 0 Å². The molecule has 0 spiro atoms. The molecule has 2 saturated heterocycles. The number of rotatable bonds is 3. The highest BCUT2D eigenvalue weighted by molar-refractivity contribution is 5.96. The third-order valence-corrected chi connectivity index (χ3v) is 4.38. The fourth-order valence-electron chi connectivity index (χ4n) is 3.04. The summed E-state index contributed by atoms with van der Waals surface area (Å²) in [6, 6.07) is 6.88. The third-order valence-electron chi connectivity index (χ3n) is 4.38. The van der Waals surface area contributed by atoms with E-state index in [1.54, 1.807) is 29.2 Å². The van der Waals surface area contributed by atoms with Crippen molar-refractivity contribution in [3.8, 4) is 0 Å². The summed E-state index contributed by atoms with van der Waals surface area (Å²) in [6.07, 6.45) is 1.66. The van der Waals surface area contributed by atoms with Gasteiger partial charge in [0.25, 0.3) is 0 Å². The number of Topliss-reactive ketones (excluding diaryl/α,β-unsaturated/α-hetero) is 1. The van der Waals surface area contributed by atoms with Crippen molar-refractivity contribution in [2.24, 2.45) is 5.92 Å². The molecule has 2 fully saturated rings. The van der Waals surface area contributed by atoms with Crippen molar-refractivity contribution in [3.05, 3.63) is 29.8 Å². The minimum atomic E-state index is -0.127. The van der Waals surface area contributed by atoms with E-state index in [0.717, 1.165) is 12.8 Å². The smallest absolute Gasteiger partial charge is 0.321 e. The molecule has 0 unspecified atom stereocenters. The van der Waals surface area contributed by atoms with Crippen molar-refractivity contribution in [1.29, 1.82) is 0 Å². The van der Waals surface area contributed by atoms with E-state index in [2.05, 4.69) is 5.32 Å². The number of ether oxygens (including phenoxy) is 2. The Morgan fingerprint density at radius 2 is 1.87 bits per heavy atom. The Morgan fingerprint density at radius 1 is 1.17 bits per heavy atom. The molecule has 23 heavy (non-hydrogen) atoms. The van der Waals surface area contributed by atoms with Crippen molar-refractivity contribution in [2.45, 2.75) is 26.1 Å². The first-order chi connectivity index (χ1) is 11.1. The molecular formula is C17H22N2O4. The number of ketones is 1. The van der Waals surface area contributed by atoms with Crippen LogP contribution < -0.4 is 5.32 Å². The van der Waals surface area contributed by atoms with Crippen LogP contribution in [-0.2, 0) is 9.47 Å². The number of carbonyl (C=O) groups excluding carboxylic acids is 2. The lowest BCUT2D eigenvalue weighted by molar-refractivity contribution is -0.0950. The number of anilines is 1. The molecule has 3 rings (SSSR count). The zero-order valence-electron chi connectivity index (χ0n) is 13.3. The largest absolute Gasteiger partial charge is 0.350 e. The Kier molecular flexibility index (Phi) is 4.93. The lowest BCUT2D eigenvalue weighted by atomic mass is 9.96. The van der Waals surface area contributed by atoms with E-state index in [1.165, 1.54) is 6.92 Å². The standard InChI is InChI=1S/C17H22N2O4/c1-12(20)14-3-2-4-15(11-14)18-17(21)19-7-5-13(6-8-19)16-22-9-10-23-16/h2-4,11,13,16H,5-10H2,1H3,(H,18,21). The Bertz CT molecular complexity index is 576. The molecule has 0 bridgehead atoms. The first-order valence-electron chi connectivity index (χ1n) is 8.03. The SMILES string of the molecule is CC(=O)c1cccc(NC(=O)N2CCC(C3OCCO3)CC2)c1. The van der Waals surface area contributed by atoms with Gasteiger partial charge < -0.3 is 19.7 Å². The first kappa shape index (κ1) is 16.0. The van der Waals surface area contributed by atoms with Crippen LogP contribution in [0.1, 0.15) is 30.1 Å². The molecule has 1 N–H and O–H groups in total. The monoisotopic (exact) mass is 318 g/mol. The number of likely N-dealkylation sites (tertiary alicyclic amines) is 1. The Balaban J connectivity index is 1.53. The summed E-state index contributed by atoms with van der Waals surface area (Å²) in [5, 5.41) is 2.86. The fourth-order valence-corrected chi connectivity index (χ4v) is 3.04. The summed E-state index contributed by atoms with van der Waals surface area (Å²) in [5.41, 5.74) is 1.24. The number of nitrogens with one attached hydrogen (secondary N) is 1. The van der Waals surface area contributed by atoms with Gasteiger partial charge in [0.2, 0.25) is 0 Å². The maximum absolute atomic E-state index is 12.3. The summed E-state index contributed by atoms with van der Waals surface area (Å²) >= 11 is 0. The van der Waals surface area contributed by atoms with E-state index in [0.29, 0.717) is 43.5 Å². The van der Waals surface area contributed by atoms with E-state index in [9.17, 15) is 9.59 Å². The summed E-state index contributed by atoms with van der Waals surface area (Å²) in [6.45, 7) is 4.22. The molecular weight excluding hydrogens is 296 g/mol. The lowest BCUT2D eigenvalue weighted by Gasteiger charge is -2.33. The lowest BCUT2D eigenvalue weighted by Crippen LogP contribution is -2.43. The maximum atomic E-state index is 12.3. The van der Waals surface area contributed by atoms with Crippen LogP contribution in [0.25, 0.3) is 0 Å². The summed E-state index contributed by atoms with van der Waals surface area (Å²) in [5.74, 6) is 0.348. The second-order valence-corrected chi connectivity index (χ2v) is 6.00. The van der Waals surface area contributed by atoms with Gasteiger partial charge >= 0.3 is 6.03 Å². The Hall–Kier alpha value is -1.92. The maximum Gasteiger partial charge on any atom is 0.321 e. The number of carbonyl (C=O) groups is 2. The predicted molar refractivity (Wildman–Crippen MR) is 85.5 cm³/mol. The van der Waals surface area contributed by atoms with Crippen molar-refractivity contribution in [1.82, 2.24) is 4.90 Å².